The minimum Gasteiger partial charge on any atom is -0.468 e. The quantitative estimate of drug-likeness (QED) is 0.541. The number of methoxy groups -OCH3 is 2. The number of oxazole rings is 1. The van der Waals surface area contributed by atoms with Crippen LogP contribution < -0.4 is 5.76 Å². The lowest BCUT2D eigenvalue weighted by atomic mass is 9.48. The monoisotopic (exact) mass is 440 g/mol. The lowest BCUT2D eigenvalue weighted by Crippen LogP contribution is -2.70. The van der Waals surface area contributed by atoms with Gasteiger partial charge in [-0.05, 0) is 37.4 Å². The first kappa shape index (κ1) is 19.8. The Balaban J connectivity index is 1.74. The van der Waals surface area contributed by atoms with Crippen molar-refractivity contribution in [2.75, 3.05) is 27.3 Å². The van der Waals surface area contributed by atoms with Crippen LogP contribution in [0.2, 0.25) is 0 Å². The largest absolute Gasteiger partial charge is 0.468 e. The predicted octanol–water partition coefficient (Wildman–Crippen LogP) is 0.877. The molecule has 1 saturated carbocycles. The number of carbonyl (C=O) groups is 2. The molecule has 6 rings (SSSR count). The van der Waals surface area contributed by atoms with E-state index in [9.17, 15) is 19.5 Å². The van der Waals surface area contributed by atoms with E-state index in [0.29, 0.717) is 43.5 Å². The third-order valence-electron chi connectivity index (χ3n) is 8.36. The summed E-state index contributed by atoms with van der Waals surface area (Å²) in [4.78, 5) is 41.5. The fraction of sp³-hybridized carbons (Fsp3) is 0.522. The minimum atomic E-state index is -2.25. The van der Waals surface area contributed by atoms with Gasteiger partial charge in [0.25, 0.3) is 5.72 Å². The van der Waals surface area contributed by atoms with E-state index in [4.69, 9.17) is 13.9 Å². The van der Waals surface area contributed by atoms with E-state index < -0.39 is 34.2 Å². The first-order chi connectivity index (χ1) is 15.4. The molecule has 2 fully saturated rings. The minimum absolute atomic E-state index is 0.293. The molecule has 3 aliphatic heterocycles. The zero-order valence-corrected chi connectivity index (χ0v) is 17.9. The molecule has 0 radical (unpaired) electrons. The average Bonchev–Trinajstić information content (AvgIpc) is 3.36. The van der Waals surface area contributed by atoms with Gasteiger partial charge in [0.2, 0.25) is 0 Å². The molecule has 32 heavy (non-hydrogen) atoms. The Morgan fingerprint density at radius 2 is 1.97 bits per heavy atom. The Morgan fingerprint density at radius 3 is 2.72 bits per heavy atom. The van der Waals surface area contributed by atoms with E-state index in [2.05, 4.69) is 4.90 Å². The van der Waals surface area contributed by atoms with Crippen LogP contribution in [0.1, 0.15) is 24.8 Å². The summed E-state index contributed by atoms with van der Waals surface area (Å²) in [5, 5.41) is 12.0. The molecule has 1 spiro atoms. The van der Waals surface area contributed by atoms with Crippen LogP contribution in [0.4, 0.5) is 0 Å². The summed E-state index contributed by atoms with van der Waals surface area (Å²) < 4.78 is 16.8. The predicted molar refractivity (Wildman–Crippen MR) is 111 cm³/mol. The van der Waals surface area contributed by atoms with Crippen molar-refractivity contribution in [1.82, 2.24) is 9.47 Å². The number of nitrogens with zero attached hydrogens (tertiary/aromatic N) is 2. The molecule has 1 aliphatic carbocycles. The lowest BCUT2D eigenvalue weighted by Gasteiger charge is -2.60. The van der Waals surface area contributed by atoms with Crippen molar-refractivity contribution in [3.8, 4) is 0 Å². The molecule has 4 aliphatic rings. The number of hydrogen-bond donors (Lipinski definition) is 1. The van der Waals surface area contributed by atoms with Crippen LogP contribution in [0.5, 0.6) is 0 Å². The summed E-state index contributed by atoms with van der Waals surface area (Å²) in [5.41, 5.74) is -2.44. The standard InChI is InChI=1S/C23H24N2O7/c1-30-18(26)21-8-4-11-24-12-10-22(17(21)24)13-5-3-6-14-16(13)25(20(28)32-14)23(29,19(27)31-2)15(22)7-9-21/h3-6,8,15,17,29H,7,9-12H2,1-2H3/t15-,17+,21+,22+,23+/m1/s1. The number of benzene rings is 1. The van der Waals surface area contributed by atoms with Gasteiger partial charge in [0.1, 0.15) is 5.41 Å². The lowest BCUT2D eigenvalue weighted by molar-refractivity contribution is -0.205. The third-order valence-corrected chi connectivity index (χ3v) is 8.36. The van der Waals surface area contributed by atoms with Crippen molar-refractivity contribution in [3.63, 3.8) is 0 Å². The van der Waals surface area contributed by atoms with Gasteiger partial charge in [-0.1, -0.05) is 24.3 Å². The summed E-state index contributed by atoms with van der Waals surface area (Å²) in [7, 11) is 2.58. The second-order valence-corrected chi connectivity index (χ2v) is 9.29. The van der Waals surface area contributed by atoms with Gasteiger partial charge < -0.3 is 19.0 Å². The molecule has 9 heteroatoms. The molecule has 4 heterocycles. The maximum absolute atomic E-state index is 13.2. The molecule has 1 saturated heterocycles. The third kappa shape index (κ3) is 1.92. The normalized spacial score (nSPS) is 37.1. The molecule has 168 valence electrons. The van der Waals surface area contributed by atoms with Crippen molar-refractivity contribution in [3.05, 3.63) is 46.5 Å². The van der Waals surface area contributed by atoms with Gasteiger partial charge in [0, 0.05) is 23.9 Å². The molecule has 0 bridgehead atoms. The molecule has 1 aromatic heterocycles. The highest BCUT2D eigenvalue weighted by molar-refractivity contribution is 5.88. The summed E-state index contributed by atoms with van der Waals surface area (Å²) in [5.74, 6) is -2.72. The van der Waals surface area contributed by atoms with Crippen LogP contribution in [-0.2, 0) is 30.2 Å². The van der Waals surface area contributed by atoms with Crippen LogP contribution in [0.25, 0.3) is 11.1 Å². The smallest absolute Gasteiger partial charge is 0.422 e. The molecule has 1 N–H and O–H groups in total. The summed E-state index contributed by atoms with van der Waals surface area (Å²) in [6.45, 7) is 1.34. The first-order valence-electron chi connectivity index (χ1n) is 10.8. The van der Waals surface area contributed by atoms with E-state index in [1.807, 2.05) is 24.3 Å². The highest BCUT2D eigenvalue weighted by Crippen LogP contribution is 2.65. The number of aliphatic hydroxyl groups is 1. The number of carbonyl (C=O) groups excluding carboxylic acids is 2. The molecule has 2 aromatic rings. The zero-order valence-electron chi connectivity index (χ0n) is 17.9. The summed E-state index contributed by atoms with van der Waals surface area (Å²) >= 11 is 0. The Kier molecular flexibility index (Phi) is 3.77. The van der Waals surface area contributed by atoms with Gasteiger partial charge in [0.05, 0.1) is 19.7 Å². The van der Waals surface area contributed by atoms with Gasteiger partial charge in [-0.3, -0.25) is 9.69 Å². The van der Waals surface area contributed by atoms with Crippen LogP contribution >= 0.6 is 0 Å². The average molecular weight is 440 g/mol. The Hall–Kier alpha value is -2.91. The Bertz CT molecular complexity index is 1260. The second kappa shape index (κ2) is 6.11. The molecule has 9 nitrogen and oxygen atoms in total. The summed E-state index contributed by atoms with van der Waals surface area (Å²) in [6, 6.07) is 5.05. The Morgan fingerprint density at radius 1 is 1.19 bits per heavy atom. The number of hydrogen-bond acceptors (Lipinski definition) is 8. The molecule has 5 atom stereocenters. The number of aromatic nitrogens is 1. The molecule has 1 aromatic carbocycles. The molecular formula is C23H24N2O7. The van der Waals surface area contributed by atoms with E-state index in [0.717, 1.165) is 10.1 Å². The fourth-order valence-electron chi connectivity index (χ4n) is 7.41. The number of esters is 2. The maximum Gasteiger partial charge on any atom is 0.422 e. The van der Waals surface area contributed by atoms with Crippen LogP contribution in [0, 0.1) is 11.3 Å². The van der Waals surface area contributed by atoms with Gasteiger partial charge in [-0.25, -0.2) is 14.2 Å². The molecule has 0 unspecified atom stereocenters. The molecular weight excluding hydrogens is 416 g/mol. The van der Waals surface area contributed by atoms with Crippen molar-refractivity contribution in [1.29, 1.82) is 0 Å². The van der Waals surface area contributed by atoms with Gasteiger partial charge in [-0.2, -0.15) is 0 Å². The number of para-hydroxylation sites is 1. The SMILES string of the molecule is COC(=O)[C@@]1(O)[C@@H]2CC[C@@]3(C(=O)OC)C=CCN4CC[C@@]2(c2cccc5oc(=O)n1c25)[C@@H]43. The fourth-order valence-corrected chi connectivity index (χ4v) is 7.41. The van der Waals surface area contributed by atoms with Crippen LogP contribution in [-0.4, -0.2) is 59.9 Å². The maximum atomic E-state index is 13.2. The zero-order chi connectivity index (χ0) is 22.5. The van der Waals surface area contributed by atoms with Crippen molar-refractivity contribution in [2.45, 2.75) is 36.4 Å². The summed E-state index contributed by atoms with van der Waals surface area (Å²) in [6.07, 6.45) is 5.25. The van der Waals surface area contributed by atoms with E-state index in [1.54, 1.807) is 6.07 Å². The van der Waals surface area contributed by atoms with Gasteiger partial charge in [0.15, 0.2) is 5.58 Å². The van der Waals surface area contributed by atoms with E-state index >= 15 is 0 Å². The van der Waals surface area contributed by atoms with Crippen LogP contribution in [0.3, 0.4) is 0 Å². The second-order valence-electron chi connectivity index (χ2n) is 9.29. The van der Waals surface area contributed by atoms with Crippen molar-refractivity contribution in [2.24, 2.45) is 11.3 Å². The Labute approximate surface area is 183 Å². The van der Waals surface area contributed by atoms with Crippen molar-refractivity contribution < 1.29 is 28.6 Å². The number of rotatable bonds is 2. The molecule has 0 amide bonds. The van der Waals surface area contributed by atoms with Gasteiger partial charge in [-0.15, -0.1) is 0 Å². The van der Waals surface area contributed by atoms with Crippen molar-refractivity contribution >= 4 is 23.0 Å². The van der Waals surface area contributed by atoms with Gasteiger partial charge >= 0.3 is 17.7 Å². The first-order valence-corrected chi connectivity index (χ1v) is 10.8. The number of ether oxygens (including phenoxy) is 2. The van der Waals surface area contributed by atoms with E-state index in [1.165, 1.54) is 14.2 Å². The van der Waals surface area contributed by atoms with E-state index in [-0.39, 0.29) is 12.0 Å². The highest BCUT2D eigenvalue weighted by Gasteiger charge is 2.73. The topological polar surface area (TPSA) is 111 Å². The highest BCUT2D eigenvalue weighted by atomic mass is 16.5. The van der Waals surface area contributed by atoms with Crippen LogP contribution in [0.15, 0.2) is 39.6 Å².